The zero-order valence-electron chi connectivity index (χ0n) is 18.2. The lowest BCUT2D eigenvalue weighted by atomic mass is 10.1. The summed E-state index contributed by atoms with van der Waals surface area (Å²) in [4.78, 5) is 19.4. The second kappa shape index (κ2) is 7.75. The number of imidazole rings is 1. The number of ether oxygens (including phenoxy) is 1. The summed E-state index contributed by atoms with van der Waals surface area (Å²) >= 11 is 0. The molecule has 5 heterocycles. The number of aromatic nitrogens is 6. The fraction of sp³-hybridized carbons (Fsp3) is 0.429. The third-order valence-electron chi connectivity index (χ3n) is 6.37. The van der Waals surface area contributed by atoms with Crippen molar-refractivity contribution in [2.75, 3.05) is 50.5 Å². The standard InChI is InChI=1S/C21H24N8O3S/c1-33(30,31)28-5-4-15(12-28)29-20-16(11-24-29)19(14-2-3-17-18(10-14)23-13-22-17)25-21(26-20)27-6-8-32-9-7-27/h2-3,10-11,13,15H,4-9,12H2,1H3,(H,22,23). The maximum absolute atomic E-state index is 12.0. The summed E-state index contributed by atoms with van der Waals surface area (Å²) in [5.74, 6) is 0.630. The van der Waals surface area contributed by atoms with Crippen LogP contribution in [0.25, 0.3) is 33.3 Å². The average molecular weight is 469 g/mol. The minimum Gasteiger partial charge on any atom is -0.378 e. The molecule has 12 heteroatoms. The molecular weight excluding hydrogens is 444 g/mol. The lowest BCUT2D eigenvalue weighted by Crippen LogP contribution is -2.37. The molecule has 33 heavy (non-hydrogen) atoms. The van der Waals surface area contributed by atoms with Crippen molar-refractivity contribution in [2.24, 2.45) is 0 Å². The summed E-state index contributed by atoms with van der Waals surface area (Å²) in [7, 11) is -3.24. The van der Waals surface area contributed by atoms with Gasteiger partial charge in [-0.2, -0.15) is 14.4 Å². The Morgan fingerprint density at radius 1 is 1.15 bits per heavy atom. The minimum atomic E-state index is -3.24. The van der Waals surface area contributed by atoms with Crippen LogP contribution in [-0.2, 0) is 14.8 Å². The highest BCUT2D eigenvalue weighted by molar-refractivity contribution is 7.88. The van der Waals surface area contributed by atoms with Crippen LogP contribution in [0.3, 0.4) is 0 Å². The van der Waals surface area contributed by atoms with Crippen molar-refractivity contribution in [3.63, 3.8) is 0 Å². The van der Waals surface area contributed by atoms with Crippen molar-refractivity contribution in [3.05, 3.63) is 30.7 Å². The van der Waals surface area contributed by atoms with Gasteiger partial charge in [0, 0.05) is 31.7 Å². The van der Waals surface area contributed by atoms with Gasteiger partial charge < -0.3 is 14.6 Å². The Morgan fingerprint density at radius 3 is 2.79 bits per heavy atom. The molecule has 2 aliphatic rings. The molecule has 1 atom stereocenters. The van der Waals surface area contributed by atoms with Crippen LogP contribution in [0.2, 0.25) is 0 Å². The first kappa shape index (κ1) is 20.5. The van der Waals surface area contributed by atoms with Gasteiger partial charge in [0.1, 0.15) is 0 Å². The highest BCUT2D eigenvalue weighted by Gasteiger charge is 2.32. The van der Waals surface area contributed by atoms with E-state index in [0.29, 0.717) is 57.4 Å². The maximum atomic E-state index is 12.0. The van der Waals surface area contributed by atoms with Gasteiger partial charge in [-0.1, -0.05) is 6.07 Å². The molecule has 0 aliphatic carbocycles. The van der Waals surface area contributed by atoms with Crippen LogP contribution in [-0.4, -0.2) is 88.1 Å². The number of anilines is 1. The summed E-state index contributed by atoms with van der Waals surface area (Å²) in [5, 5.41) is 5.48. The van der Waals surface area contributed by atoms with E-state index in [4.69, 9.17) is 14.7 Å². The molecule has 1 N–H and O–H groups in total. The predicted octanol–water partition coefficient (Wildman–Crippen LogP) is 1.41. The van der Waals surface area contributed by atoms with Crippen LogP contribution in [0.5, 0.6) is 0 Å². The molecule has 1 aromatic carbocycles. The molecule has 0 radical (unpaired) electrons. The van der Waals surface area contributed by atoms with E-state index in [9.17, 15) is 8.42 Å². The molecule has 172 valence electrons. The lowest BCUT2D eigenvalue weighted by Gasteiger charge is -2.27. The number of aromatic amines is 1. The van der Waals surface area contributed by atoms with Gasteiger partial charge in [0.05, 0.1) is 60.1 Å². The van der Waals surface area contributed by atoms with Gasteiger partial charge in [0.2, 0.25) is 16.0 Å². The van der Waals surface area contributed by atoms with Gasteiger partial charge in [0.15, 0.2) is 5.65 Å². The number of H-pyrrole nitrogens is 1. The molecule has 2 aliphatic heterocycles. The first-order valence-electron chi connectivity index (χ1n) is 10.9. The third kappa shape index (κ3) is 3.63. The van der Waals surface area contributed by atoms with E-state index in [1.807, 2.05) is 22.9 Å². The maximum Gasteiger partial charge on any atom is 0.228 e. The van der Waals surface area contributed by atoms with Crippen molar-refractivity contribution >= 4 is 38.0 Å². The van der Waals surface area contributed by atoms with Gasteiger partial charge in [-0.25, -0.2) is 23.1 Å². The monoisotopic (exact) mass is 468 g/mol. The zero-order chi connectivity index (χ0) is 22.6. The third-order valence-corrected chi connectivity index (χ3v) is 7.64. The highest BCUT2D eigenvalue weighted by Crippen LogP contribution is 2.33. The summed E-state index contributed by atoms with van der Waals surface area (Å²) in [6.07, 6.45) is 5.40. The molecule has 0 saturated carbocycles. The number of nitrogens with zero attached hydrogens (tertiary/aromatic N) is 7. The smallest absolute Gasteiger partial charge is 0.228 e. The number of fused-ring (bicyclic) bond motifs is 2. The van der Waals surface area contributed by atoms with E-state index in [1.165, 1.54) is 10.6 Å². The largest absolute Gasteiger partial charge is 0.378 e. The van der Waals surface area contributed by atoms with Crippen molar-refractivity contribution in [1.82, 2.24) is 34.0 Å². The second-order valence-electron chi connectivity index (χ2n) is 8.50. The molecule has 2 saturated heterocycles. The first-order valence-corrected chi connectivity index (χ1v) is 12.8. The minimum absolute atomic E-state index is 0.0763. The van der Waals surface area contributed by atoms with E-state index >= 15 is 0 Å². The van der Waals surface area contributed by atoms with Gasteiger partial charge in [-0.3, -0.25) is 0 Å². The molecule has 3 aromatic heterocycles. The molecule has 0 bridgehead atoms. The van der Waals surface area contributed by atoms with E-state index in [1.54, 1.807) is 12.5 Å². The van der Waals surface area contributed by atoms with Crippen molar-refractivity contribution in [1.29, 1.82) is 0 Å². The molecule has 2 fully saturated rings. The number of benzene rings is 1. The topological polar surface area (TPSA) is 122 Å². The van der Waals surface area contributed by atoms with Crippen molar-refractivity contribution in [2.45, 2.75) is 12.5 Å². The Bertz CT molecular complexity index is 1440. The summed E-state index contributed by atoms with van der Waals surface area (Å²) in [5.41, 5.74) is 4.27. The van der Waals surface area contributed by atoms with Crippen LogP contribution >= 0.6 is 0 Å². The Labute approximate surface area is 190 Å². The van der Waals surface area contributed by atoms with Gasteiger partial charge in [-0.05, 0) is 18.6 Å². The number of morpholine rings is 1. The molecular formula is C21H24N8O3S. The average Bonchev–Trinajstić information content (AvgIpc) is 3.56. The van der Waals surface area contributed by atoms with Gasteiger partial charge >= 0.3 is 0 Å². The van der Waals surface area contributed by atoms with E-state index in [2.05, 4.69) is 20.0 Å². The lowest BCUT2D eigenvalue weighted by molar-refractivity contribution is 0.122. The molecule has 6 rings (SSSR count). The SMILES string of the molecule is CS(=O)(=O)N1CCC(n2ncc3c(-c4ccc5nc[nH]c5c4)nc(N4CCOCC4)nc32)C1. The van der Waals surface area contributed by atoms with E-state index in [0.717, 1.165) is 27.7 Å². The fourth-order valence-corrected chi connectivity index (χ4v) is 5.48. The normalized spacial score (nSPS) is 20.3. The summed E-state index contributed by atoms with van der Waals surface area (Å²) in [6, 6.07) is 5.93. The Hall–Kier alpha value is -3.09. The fourth-order valence-electron chi connectivity index (χ4n) is 4.60. The predicted molar refractivity (Wildman–Crippen MR) is 124 cm³/mol. The Balaban J connectivity index is 1.49. The highest BCUT2D eigenvalue weighted by atomic mass is 32.2. The number of hydrogen-bond donors (Lipinski definition) is 1. The first-order chi connectivity index (χ1) is 16.0. The number of rotatable bonds is 4. The van der Waals surface area contributed by atoms with Crippen LogP contribution in [0.4, 0.5) is 5.95 Å². The molecule has 0 amide bonds. The van der Waals surface area contributed by atoms with Gasteiger partial charge in [0.25, 0.3) is 0 Å². The molecule has 4 aromatic rings. The number of hydrogen-bond acceptors (Lipinski definition) is 8. The molecule has 11 nitrogen and oxygen atoms in total. The van der Waals surface area contributed by atoms with Crippen molar-refractivity contribution in [3.8, 4) is 11.3 Å². The van der Waals surface area contributed by atoms with Crippen LogP contribution < -0.4 is 4.90 Å². The van der Waals surface area contributed by atoms with Gasteiger partial charge in [-0.15, -0.1) is 0 Å². The van der Waals surface area contributed by atoms with Crippen LogP contribution in [0.1, 0.15) is 12.5 Å². The summed E-state index contributed by atoms with van der Waals surface area (Å²) < 4.78 is 33.0. The Kier molecular flexibility index (Phi) is 4.82. The molecule has 1 unspecified atom stereocenters. The van der Waals surface area contributed by atoms with E-state index in [-0.39, 0.29) is 6.04 Å². The number of sulfonamides is 1. The molecule has 0 spiro atoms. The van der Waals surface area contributed by atoms with Crippen molar-refractivity contribution < 1.29 is 13.2 Å². The Morgan fingerprint density at radius 2 is 2.00 bits per heavy atom. The van der Waals surface area contributed by atoms with Crippen LogP contribution in [0.15, 0.2) is 30.7 Å². The zero-order valence-corrected chi connectivity index (χ0v) is 19.0. The van der Waals surface area contributed by atoms with E-state index < -0.39 is 10.0 Å². The van der Waals surface area contributed by atoms with Crippen LogP contribution in [0, 0.1) is 0 Å². The summed E-state index contributed by atoms with van der Waals surface area (Å²) in [6.45, 7) is 3.55. The second-order valence-corrected chi connectivity index (χ2v) is 10.5. The number of nitrogens with one attached hydrogen (secondary N) is 1. The quantitative estimate of drug-likeness (QED) is 0.477.